The van der Waals surface area contributed by atoms with E-state index >= 15 is 0 Å². The van der Waals surface area contributed by atoms with E-state index in [9.17, 15) is 43.2 Å². The first-order valence-corrected chi connectivity index (χ1v) is 38.3. The van der Waals surface area contributed by atoms with Crippen LogP contribution in [0.4, 0.5) is 0 Å². The highest BCUT2D eigenvalue weighted by molar-refractivity contribution is 7.47. The van der Waals surface area contributed by atoms with Crippen LogP contribution < -0.4 is 0 Å². The van der Waals surface area contributed by atoms with E-state index in [4.69, 9.17) is 37.0 Å². The molecule has 19 heteroatoms. The molecule has 0 rings (SSSR count). The molecule has 0 aliphatic rings. The minimum atomic E-state index is -4.95. The Labute approximate surface area is 530 Å². The molecule has 516 valence electrons. The number of unbranched alkanes of at least 4 members (excludes halogenated alkanes) is 34. The topological polar surface area (TPSA) is 237 Å². The van der Waals surface area contributed by atoms with Crippen molar-refractivity contribution >= 4 is 39.5 Å². The van der Waals surface area contributed by atoms with Crippen LogP contribution in [0.2, 0.25) is 0 Å². The van der Waals surface area contributed by atoms with E-state index in [1.54, 1.807) is 0 Å². The maximum Gasteiger partial charge on any atom is 0.472 e. The van der Waals surface area contributed by atoms with Crippen molar-refractivity contribution in [3.05, 3.63) is 0 Å². The van der Waals surface area contributed by atoms with Crippen LogP contribution in [0, 0.1) is 17.8 Å². The first-order valence-electron chi connectivity index (χ1n) is 35.3. The number of aliphatic hydroxyl groups excluding tert-OH is 1. The molecule has 0 aromatic carbocycles. The van der Waals surface area contributed by atoms with E-state index in [0.717, 1.165) is 102 Å². The summed E-state index contributed by atoms with van der Waals surface area (Å²) in [6.07, 6.45) is 41.8. The van der Waals surface area contributed by atoms with Gasteiger partial charge in [-0.3, -0.25) is 37.3 Å². The third-order valence-corrected chi connectivity index (χ3v) is 17.5. The summed E-state index contributed by atoms with van der Waals surface area (Å²) in [6, 6.07) is 0. The van der Waals surface area contributed by atoms with Gasteiger partial charge in [0, 0.05) is 25.7 Å². The predicted molar refractivity (Wildman–Crippen MR) is 349 cm³/mol. The maximum atomic E-state index is 13.0. The Morgan fingerprint density at radius 2 is 0.529 bits per heavy atom. The number of hydrogen-bond acceptors (Lipinski definition) is 15. The van der Waals surface area contributed by atoms with Gasteiger partial charge in [0.05, 0.1) is 26.4 Å². The fourth-order valence-electron chi connectivity index (χ4n) is 10.2. The second-order valence-electron chi connectivity index (χ2n) is 26.0. The Balaban J connectivity index is 5.22. The lowest BCUT2D eigenvalue weighted by Gasteiger charge is -2.21. The molecule has 0 saturated heterocycles. The lowest BCUT2D eigenvalue weighted by molar-refractivity contribution is -0.161. The Morgan fingerprint density at radius 3 is 0.782 bits per heavy atom. The number of ether oxygens (including phenoxy) is 4. The summed E-state index contributed by atoms with van der Waals surface area (Å²) in [5, 5.41) is 10.6. The molecular weight excluding hydrogens is 1150 g/mol. The second-order valence-corrected chi connectivity index (χ2v) is 28.9. The van der Waals surface area contributed by atoms with Crippen molar-refractivity contribution in [1.82, 2.24) is 0 Å². The Bertz CT molecular complexity index is 1720. The van der Waals surface area contributed by atoms with Gasteiger partial charge in [0.15, 0.2) is 12.2 Å². The first-order chi connectivity index (χ1) is 41.7. The summed E-state index contributed by atoms with van der Waals surface area (Å²) in [6.45, 7) is 11.7. The minimum Gasteiger partial charge on any atom is -0.462 e. The van der Waals surface area contributed by atoms with E-state index in [1.807, 2.05) is 0 Å². The van der Waals surface area contributed by atoms with Gasteiger partial charge in [-0.25, -0.2) is 9.13 Å². The van der Waals surface area contributed by atoms with Crippen molar-refractivity contribution in [3.63, 3.8) is 0 Å². The highest BCUT2D eigenvalue weighted by atomic mass is 31.2. The van der Waals surface area contributed by atoms with E-state index < -0.39 is 97.5 Å². The summed E-state index contributed by atoms with van der Waals surface area (Å²) in [4.78, 5) is 72.3. The van der Waals surface area contributed by atoms with E-state index in [-0.39, 0.29) is 25.7 Å². The normalized spacial score (nSPS) is 14.3. The smallest absolute Gasteiger partial charge is 0.462 e. The van der Waals surface area contributed by atoms with Crippen molar-refractivity contribution in [1.29, 1.82) is 0 Å². The third kappa shape index (κ3) is 62.6. The van der Waals surface area contributed by atoms with E-state index in [2.05, 4.69) is 48.5 Å². The van der Waals surface area contributed by atoms with Gasteiger partial charge < -0.3 is 33.8 Å². The zero-order valence-corrected chi connectivity index (χ0v) is 58.3. The number of hydrogen-bond donors (Lipinski definition) is 3. The second kappa shape index (κ2) is 59.1. The summed E-state index contributed by atoms with van der Waals surface area (Å²) in [7, 11) is -9.89. The molecule has 0 radical (unpaired) electrons. The largest absolute Gasteiger partial charge is 0.472 e. The molecule has 87 heavy (non-hydrogen) atoms. The molecule has 2 unspecified atom stereocenters. The number of aliphatic hydroxyl groups is 1. The number of carbonyl (C=O) groups is 4. The number of rotatable bonds is 66. The van der Waals surface area contributed by atoms with Crippen molar-refractivity contribution in [2.75, 3.05) is 39.6 Å². The molecule has 0 aromatic rings. The Morgan fingerprint density at radius 1 is 0.310 bits per heavy atom. The van der Waals surface area contributed by atoms with Crippen molar-refractivity contribution in [3.8, 4) is 0 Å². The highest BCUT2D eigenvalue weighted by Crippen LogP contribution is 2.45. The predicted octanol–water partition coefficient (Wildman–Crippen LogP) is 19.1. The summed E-state index contributed by atoms with van der Waals surface area (Å²) >= 11 is 0. The molecule has 3 N–H and O–H groups in total. The van der Waals surface area contributed by atoms with Crippen LogP contribution in [0.25, 0.3) is 0 Å². The van der Waals surface area contributed by atoms with Gasteiger partial charge in [-0.05, 0) is 43.4 Å². The molecule has 0 heterocycles. The molecule has 0 amide bonds. The van der Waals surface area contributed by atoms with Gasteiger partial charge in [-0.1, -0.05) is 286 Å². The van der Waals surface area contributed by atoms with Gasteiger partial charge in [0.2, 0.25) is 0 Å². The average molecular weight is 1280 g/mol. The zero-order chi connectivity index (χ0) is 64.5. The molecule has 0 saturated carbocycles. The molecule has 0 fully saturated rings. The van der Waals surface area contributed by atoms with Crippen LogP contribution in [0.15, 0.2) is 0 Å². The van der Waals surface area contributed by atoms with Gasteiger partial charge in [-0.15, -0.1) is 0 Å². The standard InChI is InChI=1S/C68H132O17P2/c1-8-9-10-11-12-20-27-35-42-49-65(70)78-56-64(85-68(73)52-45-38-31-30-34-41-48-61(6)7)58-83-87(76,77)81-54-62(69)53-80-86(74,75)82-57-63(55-79-66(71)50-43-36-28-23-19-18-22-26-33-40-47-60(4)5)84-67(72)51-44-37-29-24-17-15-13-14-16-21-25-32-39-46-59(2)3/h59-64,69H,8-58H2,1-7H3,(H,74,75)(H,76,77)/t62-,63-,64-/m1/s1. The molecule has 0 aromatic heterocycles. The lowest BCUT2D eigenvalue weighted by Crippen LogP contribution is -2.30. The number of esters is 4. The highest BCUT2D eigenvalue weighted by Gasteiger charge is 2.30. The van der Waals surface area contributed by atoms with Crippen LogP contribution >= 0.6 is 15.6 Å². The SMILES string of the molecule is CCCCCCCCCCCC(=O)OC[C@H](COP(=O)(O)OC[C@H](O)COP(=O)(O)OC[C@@H](COC(=O)CCCCCCCCCCCCC(C)C)OC(=O)CCCCCCCCCCCCCCCC(C)C)OC(=O)CCCCCCCCC(C)C. The van der Waals surface area contributed by atoms with Gasteiger partial charge in [-0.2, -0.15) is 0 Å². The van der Waals surface area contributed by atoms with Crippen LogP contribution in [0.5, 0.6) is 0 Å². The summed E-state index contributed by atoms with van der Waals surface area (Å²) in [5.74, 6) is 0.0805. The Hall–Kier alpha value is -1.94. The minimum absolute atomic E-state index is 0.102. The van der Waals surface area contributed by atoms with Crippen LogP contribution in [0.3, 0.4) is 0 Å². The maximum absolute atomic E-state index is 13.0. The number of carbonyl (C=O) groups excluding carboxylic acids is 4. The quantitative estimate of drug-likeness (QED) is 0.0222. The zero-order valence-electron chi connectivity index (χ0n) is 56.5. The van der Waals surface area contributed by atoms with Crippen molar-refractivity contribution < 1.29 is 80.2 Å². The molecular formula is C68H132O17P2. The summed E-state index contributed by atoms with van der Waals surface area (Å²) < 4.78 is 68.1. The van der Waals surface area contributed by atoms with Gasteiger partial charge in [0.25, 0.3) is 0 Å². The molecule has 0 spiro atoms. The van der Waals surface area contributed by atoms with Crippen LogP contribution in [0.1, 0.15) is 337 Å². The summed E-state index contributed by atoms with van der Waals surface area (Å²) in [5.41, 5.74) is 0. The van der Waals surface area contributed by atoms with E-state index in [1.165, 1.54) is 148 Å². The third-order valence-electron chi connectivity index (χ3n) is 15.6. The number of phosphoric ester groups is 2. The first kappa shape index (κ1) is 85.1. The van der Waals surface area contributed by atoms with Gasteiger partial charge in [0.1, 0.15) is 19.3 Å². The average Bonchev–Trinajstić information content (AvgIpc) is 3.67. The molecule has 0 bridgehead atoms. The fraction of sp³-hybridized carbons (Fsp3) is 0.941. The fourth-order valence-corrected chi connectivity index (χ4v) is 11.8. The molecule has 0 aliphatic carbocycles. The molecule has 17 nitrogen and oxygen atoms in total. The van der Waals surface area contributed by atoms with Crippen molar-refractivity contribution in [2.24, 2.45) is 17.8 Å². The molecule has 5 atom stereocenters. The van der Waals surface area contributed by atoms with Gasteiger partial charge >= 0.3 is 39.5 Å². The van der Waals surface area contributed by atoms with E-state index in [0.29, 0.717) is 31.6 Å². The number of phosphoric acid groups is 2. The van der Waals surface area contributed by atoms with Crippen LogP contribution in [-0.4, -0.2) is 96.7 Å². The Kier molecular flexibility index (Phi) is 57.8. The lowest BCUT2D eigenvalue weighted by atomic mass is 10.0. The van der Waals surface area contributed by atoms with Crippen molar-refractivity contribution in [2.45, 2.75) is 356 Å². The molecule has 0 aliphatic heterocycles. The van der Waals surface area contributed by atoms with Crippen LogP contribution in [-0.2, 0) is 65.4 Å². The monoisotopic (exact) mass is 1280 g/mol.